The van der Waals surface area contributed by atoms with Crippen LogP contribution in [0, 0.1) is 0 Å². The molecule has 1 N–H and O–H groups in total. The Morgan fingerprint density at radius 1 is 0.935 bits per heavy atom. The predicted molar refractivity (Wildman–Crippen MR) is 126 cm³/mol. The minimum Gasteiger partial charge on any atom is -0.507 e. The van der Waals surface area contributed by atoms with Crippen molar-refractivity contribution in [2.45, 2.75) is 13.1 Å². The molecule has 1 aromatic carbocycles. The topological polar surface area (TPSA) is 60.2 Å². The van der Waals surface area contributed by atoms with E-state index >= 15 is 0 Å². The molecule has 0 amide bonds. The summed E-state index contributed by atoms with van der Waals surface area (Å²) in [4.78, 5) is 19.2. The van der Waals surface area contributed by atoms with E-state index in [9.17, 15) is 9.90 Å². The second kappa shape index (κ2) is 11.0. The molecule has 166 valence electrons. The standard InChI is InChI=1S/C24H31N3O3S/c28-23-21(17-27-13-15-31-16-14-27)19-30-24(29)22(23)18-26-11-9-25(10-12-26)8-4-7-20-5-2-1-3-6-20/h1-7,19,28H,8-18H2. The van der Waals surface area contributed by atoms with Gasteiger partial charge in [-0.15, -0.1) is 0 Å². The Morgan fingerprint density at radius 3 is 2.35 bits per heavy atom. The Labute approximate surface area is 188 Å². The zero-order valence-electron chi connectivity index (χ0n) is 17.9. The summed E-state index contributed by atoms with van der Waals surface area (Å²) in [5, 5.41) is 10.8. The molecule has 6 nitrogen and oxygen atoms in total. The SMILES string of the molecule is O=c1occ(CN2CCSCC2)c(O)c1CN1CCN(CC=Cc2ccccc2)CC1. The molecular weight excluding hydrogens is 410 g/mol. The highest BCUT2D eigenvalue weighted by Gasteiger charge is 2.22. The Morgan fingerprint density at radius 2 is 1.61 bits per heavy atom. The van der Waals surface area contributed by atoms with Crippen LogP contribution < -0.4 is 5.63 Å². The van der Waals surface area contributed by atoms with Crippen LogP contribution in [0.1, 0.15) is 16.7 Å². The van der Waals surface area contributed by atoms with Gasteiger partial charge >= 0.3 is 5.63 Å². The van der Waals surface area contributed by atoms with Crippen molar-refractivity contribution in [3.05, 3.63) is 69.8 Å². The molecular formula is C24H31N3O3S. The van der Waals surface area contributed by atoms with Crippen molar-refractivity contribution in [3.8, 4) is 5.75 Å². The van der Waals surface area contributed by atoms with Crippen molar-refractivity contribution in [1.82, 2.24) is 14.7 Å². The summed E-state index contributed by atoms with van der Waals surface area (Å²) in [6, 6.07) is 10.3. The van der Waals surface area contributed by atoms with Gasteiger partial charge in [0.25, 0.3) is 0 Å². The summed E-state index contributed by atoms with van der Waals surface area (Å²) in [6.07, 6.45) is 5.79. The van der Waals surface area contributed by atoms with Crippen LogP contribution in [0.5, 0.6) is 5.75 Å². The van der Waals surface area contributed by atoms with Gasteiger partial charge in [0.15, 0.2) is 0 Å². The molecule has 2 aromatic rings. The van der Waals surface area contributed by atoms with Gasteiger partial charge in [0, 0.05) is 76.0 Å². The van der Waals surface area contributed by atoms with Gasteiger partial charge < -0.3 is 9.52 Å². The number of hydrogen-bond donors (Lipinski definition) is 1. The summed E-state index contributed by atoms with van der Waals surface area (Å²) in [7, 11) is 0. The van der Waals surface area contributed by atoms with E-state index in [2.05, 4.69) is 39.0 Å². The maximum absolute atomic E-state index is 12.3. The molecule has 0 unspecified atom stereocenters. The molecule has 2 fully saturated rings. The maximum atomic E-state index is 12.3. The molecule has 0 atom stereocenters. The van der Waals surface area contributed by atoms with Gasteiger partial charge in [-0.3, -0.25) is 14.7 Å². The van der Waals surface area contributed by atoms with E-state index in [1.54, 1.807) is 0 Å². The normalized spacial score (nSPS) is 19.2. The lowest BCUT2D eigenvalue weighted by Gasteiger charge is -2.34. The first kappa shape index (κ1) is 22.1. The van der Waals surface area contributed by atoms with E-state index in [4.69, 9.17) is 4.42 Å². The molecule has 31 heavy (non-hydrogen) atoms. The monoisotopic (exact) mass is 441 g/mol. The average molecular weight is 442 g/mol. The highest BCUT2D eigenvalue weighted by Crippen LogP contribution is 2.24. The number of piperazine rings is 1. The summed E-state index contributed by atoms with van der Waals surface area (Å²) in [5.74, 6) is 2.33. The summed E-state index contributed by atoms with van der Waals surface area (Å²) in [5.41, 5.74) is 1.89. The largest absolute Gasteiger partial charge is 0.507 e. The van der Waals surface area contributed by atoms with E-state index in [0.717, 1.165) is 57.3 Å². The fourth-order valence-electron chi connectivity index (χ4n) is 4.05. The molecule has 2 saturated heterocycles. The number of thioether (sulfide) groups is 1. The first-order valence-electron chi connectivity index (χ1n) is 11.0. The third-order valence-electron chi connectivity index (χ3n) is 5.96. The Hall–Kier alpha value is -2.06. The van der Waals surface area contributed by atoms with Gasteiger partial charge in [0.05, 0.1) is 5.56 Å². The highest BCUT2D eigenvalue weighted by molar-refractivity contribution is 7.99. The summed E-state index contributed by atoms with van der Waals surface area (Å²) < 4.78 is 5.28. The quantitative estimate of drug-likeness (QED) is 0.709. The Balaban J connectivity index is 1.30. The van der Waals surface area contributed by atoms with Crippen LogP contribution in [0.15, 0.2) is 51.9 Å². The third kappa shape index (κ3) is 6.23. The fourth-order valence-corrected chi connectivity index (χ4v) is 5.03. The van der Waals surface area contributed by atoms with Crippen LogP contribution in [-0.4, -0.2) is 77.1 Å². The van der Waals surface area contributed by atoms with E-state index in [1.165, 1.54) is 11.8 Å². The summed E-state index contributed by atoms with van der Waals surface area (Å²) in [6.45, 7) is 7.60. The third-order valence-corrected chi connectivity index (χ3v) is 6.90. The van der Waals surface area contributed by atoms with E-state index in [0.29, 0.717) is 24.2 Å². The number of benzene rings is 1. The van der Waals surface area contributed by atoms with E-state index in [-0.39, 0.29) is 5.75 Å². The average Bonchev–Trinajstić information content (AvgIpc) is 2.81. The molecule has 0 radical (unpaired) electrons. The van der Waals surface area contributed by atoms with Crippen LogP contribution in [0.25, 0.3) is 6.08 Å². The molecule has 0 spiro atoms. The Bertz CT molecular complexity index is 917. The van der Waals surface area contributed by atoms with Crippen LogP contribution in [0.3, 0.4) is 0 Å². The van der Waals surface area contributed by atoms with Crippen LogP contribution in [-0.2, 0) is 13.1 Å². The van der Waals surface area contributed by atoms with Gasteiger partial charge in [-0.25, -0.2) is 4.79 Å². The molecule has 3 heterocycles. The van der Waals surface area contributed by atoms with Crippen molar-refractivity contribution < 1.29 is 9.52 Å². The van der Waals surface area contributed by atoms with Crippen molar-refractivity contribution >= 4 is 17.8 Å². The predicted octanol–water partition coefficient (Wildman–Crippen LogP) is 2.73. The van der Waals surface area contributed by atoms with Gasteiger partial charge in [0.2, 0.25) is 0 Å². The lowest BCUT2D eigenvalue weighted by Crippen LogP contribution is -2.46. The minimum absolute atomic E-state index is 0.114. The zero-order valence-corrected chi connectivity index (χ0v) is 18.7. The second-order valence-corrected chi connectivity index (χ2v) is 9.38. The van der Waals surface area contributed by atoms with Crippen LogP contribution in [0.2, 0.25) is 0 Å². The van der Waals surface area contributed by atoms with Crippen LogP contribution in [0.4, 0.5) is 0 Å². The Kier molecular flexibility index (Phi) is 7.86. The molecule has 2 aliphatic rings. The van der Waals surface area contributed by atoms with Gasteiger partial charge in [-0.2, -0.15) is 11.8 Å². The molecule has 7 heteroatoms. The van der Waals surface area contributed by atoms with E-state index in [1.807, 2.05) is 30.0 Å². The van der Waals surface area contributed by atoms with Gasteiger partial charge in [-0.1, -0.05) is 42.5 Å². The molecule has 1 aromatic heterocycles. The van der Waals surface area contributed by atoms with Crippen molar-refractivity contribution in [2.24, 2.45) is 0 Å². The van der Waals surface area contributed by atoms with Crippen LogP contribution >= 0.6 is 11.8 Å². The van der Waals surface area contributed by atoms with Crippen molar-refractivity contribution in [2.75, 3.05) is 57.3 Å². The maximum Gasteiger partial charge on any atom is 0.343 e. The number of rotatable bonds is 7. The smallest absolute Gasteiger partial charge is 0.343 e. The fraction of sp³-hybridized carbons (Fsp3) is 0.458. The molecule has 4 rings (SSSR count). The number of hydrogen-bond acceptors (Lipinski definition) is 7. The highest BCUT2D eigenvalue weighted by atomic mass is 32.2. The molecule has 0 saturated carbocycles. The molecule has 2 aliphatic heterocycles. The van der Waals surface area contributed by atoms with Crippen molar-refractivity contribution in [3.63, 3.8) is 0 Å². The minimum atomic E-state index is -0.427. The molecule has 0 aliphatic carbocycles. The lowest BCUT2D eigenvalue weighted by atomic mass is 10.1. The number of aromatic hydroxyl groups is 1. The van der Waals surface area contributed by atoms with E-state index < -0.39 is 5.63 Å². The van der Waals surface area contributed by atoms with Crippen molar-refractivity contribution in [1.29, 1.82) is 0 Å². The number of nitrogens with zero attached hydrogens (tertiary/aromatic N) is 3. The first-order chi connectivity index (χ1) is 15.2. The molecule has 0 bridgehead atoms. The zero-order chi connectivity index (χ0) is 21.5. The summed E-state index contributed by atoms with van der Waals surface area (Å²) >= 11 is 1.95. The second-order valence-electron chi connectivity index (χ2n) is 8.15. The first-order valence-corrected chi connectivity index (χ1v) is 12.1. The lowest BCUT2D eigenvalue weighted by molar-refractivity contribution is 0.134. The van der Waals surface area contributed by atoms with Gasteiger partial charge in [-0.05, 0) is 5.56 Å². The van der Waals surface area contributed by atoms with Gasteiger partial charge in [0.1, 0.15) is 12.0 Å².